The van der Waals surface area contributed by atoms with Crippen molar-refractivity contribution in [3.8, 4) is 0 Å². The van der Waals surface area contributed by atoms with Gasteiger partial charge < -0.3 is 9.47 Å². The van der Waals surface area contributed by atoms with E-state index in [1.807, 2.05) is 0 Å². The molecule has 2 aliphatic rings. The van der Waals surface area contributed by atoms with Crippen LogP contribution in [0.15, 0.2) is 0 Å². The van der Waals surface area contributed by atoms with E-state index in [1.54, 1.807) is 0 Å². The van der Waals surface area contributed by atoms with Crippen LogP contribution in [0.25, 0.3) is 0 Å². The van der Waals surface area contributed by atoms with Crippen molar-refractivity contribution in [2.75, 3.05) is 13.2 Å². The fraction of sp³-hybridized carbons (Fsp3) is 1.00. The summed E-state index contributed by atoms with van der Waals surface area (Å²) in [4.78, 5) is 0. The van der Waals surface area contributed by atoms with Gasteiger partial charge in [0.05, 0.1) is 13.2 Å². The van der Waals surface area contributed by atoms with E-state index in [9.17, 15) is 0 Å². The Morgan fingerprint density at radius 2 is 1.33 bits per heavy atom. The molecule has 2 heteroatoms. The average molecular weight is 254 g/mol. The van der Waals surface area contributed by atoms with Gasteiger partial charge in [-0.1, -0.05) is 33.1 Å². The van der Waals surface area contributed by atoms with Crippen LogP contribution in [0.1, 0.15) is 65.2 Å². The smallest absolute Gasteiger partial charge is 0.160 e. The van der Waals surface area contributed by atoms with E-state index in [0.29, 0.717) is 11.8 Å². The molecular weight excluding hydrogens is 224 g/mol. The van der Waals surface area contributed by atoms with Gasteiger partial charge in [-0.15, -0.1) is 0 Å². The molecular formula is C16H30O2. The summed E-state index contributed by atoms with van der Waals surface area (Å²) in [5.41, 5.74) is 0. The zero-order valence-corrected chi connectivity index (χ0v) is 12.2. The molecule has 1 aliphatic heterocycles. The number of ether oxygens (including phenoxy) is 2. The van der Waals surface area contributed by atoms with Gasteiger partial charge in [0.1, 0.15) is 0 Å². The SMILES string of the molecule is CCCC1CCC([C@H]2OC[C@H](CCC)CO2)CC1. The molecule has 1 saturated heterocycles. The standard InChI is InChI=1S/C16H30O2/c1-3-5-13-7-9-15(10-8-13)16-17-11-14(6-4-2)12-18-16/h13-16H,3-12H2,1-2H3/t13?,14-,15?,16-. The van der Waals surface area contributed by atoms with Crippen molar-refractivity contribution >= 4 is 0 Å². The van der Waals surface area contributed by atoms with Gasteiger partial charge >= 0.3 is 0 Å². The minimum absolute atomic E-state index is 0.112. The molecule has 0 aromatic rings. The van der Waals surface area contributed by atoms with Gasteiger partial charge in [-0.2, -0.15) is 0 Å². The fourth-order valence-electron chi connectivity index (χ4n) is 3.56. The van der Waals surface area contributed by atoms with Gasteiger partial charge in [-0.05, 0) is 38.0 Å². The van der Waals surface area contributed by atoms with Crippen molar-refractivity contribution in [3.05, 3.63) is 0 Å². The second-order valence-corrected chi connectivity index (χ2v) is 6.26. The van der Waals surface area contributed by atoms with Crippen LogP contribution in [0.3, 0.4) is 0 Å². The minimum atomic E-state index is 0.112. The summed E-state index contributed by atoms with van der Waals surface area (Å²) in [6.07, 6.45) is 10.8. The van der Waals surface area contributed by atoms with Gasteiger partial charge in [0.25, 0.3) is 0 Å². The minimum Gasteiger partial charge on any atom is -0.352 e. The lowest BCUT2D eigenvalue weighted by Gasteiger charge is -2.37. The van der Waals surface area contributed by atoms with Gasteiger partial charge in [0.15, 0.2) is 6.29 Å². The van der Waals surface area contributed by atoms with Crippen molar-refractivity contribution in [1.29, 1.82) is 0 Å². The van der Waals surface area contributed by atoms with Crippen LogP contribution >= 0.6 is 0 Å². The molecule has 1 saturated carbocycles. The van der Waals surface area contributed by atoms with E-state index >= 15 is 0 Å². The molecule has 2 nitrogen and oxygen atoms in total. The normalized spacial score (nSPS) is 37.7. The second-order valence-electron chi connectivity index (χ2n) is 6.26. The van der Waals surface area contributed by atoms with Crippen molar-refractivity contribution in [2.45, 2.75) is 71.5 Å². The van der Waals surface area contributed by atoms with Crippen molar-refractivity contribution in [3.63, 3.8) is 0 Å². The van der Waals surface area contributed by atoms with Gasteiger partial charge in [-0.25, -0.2) is 0 Å². The quantitative estimate of drug-likeness (QED) is 0.724. The van der Waals surface area contributed by atoms with Gasteiger partial charge in [0.2, 0.25) is 0 Å². The summed E-state index contributed by atoms with van der Waals surface area (Å²) >= 11 is 0. The molecule has 0 amide bonds. The molecule has 0 aromatic heterocycles. The molecule has 0 aromatic carbocycles. The molecule has 0 radical (unpaired) electrons. The van der Waals surface area contributed by atoms with Crippen LogP contribution in [0.2, 0.25) is 0 Å². The highest BCUT2D eigenvalue weighted by Gasteiger charge is 2.31. The van der Waals surface area contributed by atoms with Crippen molar-refractivity contribution < 1.29 is 9.47 Å². The molecule has 0 N–H and O–H groups in total. The first-order valence-corrected chi connectivity index (χ1v) is 8.06. The number of hydrogen-bond donors (Lipinski definition) is 0. The van der Waals surface area contributed by atoms with Crippen molar-refractivity contribution in [1.82, 2.24) is 0 Å². The highest BCUT2D eigenvalue weighted by molar-refractivity contribution is 4.76. The third-order valence-electron chi connectivity index (χ3n) is 4.66. The Balaban J connectivity index is 1.68. The molecule has 1 heterocycles. The van der Waals surface area contributed by atoms with Crippen LogP contribution < -0.4 is 0 Å². The van der Waals surface area contributed by atoms with Gasteiger partial charge in [0, 0.05) is 11.8 Å². The van der Waals surface area contributed by atoms with Crippen LogP contribution in [-0.4, -0.2) is 19.5 Å². The van der Waals surface area contributed by atoms with E-state index in [4.69, 9.17) is 9.47 Å². The largest absolute Gasteiger partial charge is 0.352 e. The van der Waals surface area contributed by atoms with E-state index in [0.717, 1.165) is 19.1 Å². The first-order chi connectivity index (χ1) is 8.83. The van der Waals surface area contributed by atoms with E-state index < -0.39 is 0 Å². The predicted octanol–water partition coefficient (Wildman–Crippen LogP) is 4.38. The summed E-state index contributed by atoms with van der Waals surface area (Å²) < 4.78 is 11.9. The zero-order chi connectivity index (χ0) is 12.8. The van der Waals surface area contributed by atoms with E-state index in [2.05, 4.69) is 13.8 Å². The Hall–Kier alpha value is -0.0800. The average Bonchev–Trinajstić information content (AvgIpc) is 2.41. The van der Waals surface area contributed by atoms with E-state index in [1.165, 1.54) is 51.4 Å². The number of rotatable bonds is 5. The topological polar surface area (TPSA) is 18.5 Å². The Kier molecular flexibility index (Phi) is 5.97. The molecule has 2 fully saturated rings. The molecule has 106 valence electrons. The van der Waals surface area contributed by atoms with Gasteiger partial charge in [-0.3, -0.25) is 0 Å². The maximum absolute atomic E-state index is 5.96. The first kappa shape index (κ1) is 14.3. The van der Waals surface area contributed by atoms with Crippen LogP contribution in [-0.2, 0) is 9.47 Å². The van der Waals surface area contributed by atoms with Crippen LogP contribution in [0, 0.1) is 17.8 Å². The summed E-state index contributed by atoms with van der Waals surface area (Å²) in [7, 11) is 0. The lowest BCUT2D eigenvalue weighted by atomic mass is 9.79. The maximum Gasteiger partial charge on any atom is 0.160 e. The highest BCUT2D eigenvalue weighted by atomic mass is 16.7. The van der Waals surface area contributed by atoms with Crippen LogP contribution in [0.4, 0.5) is 0 Å². The van der Waals surface area contributed by atoms with Crippen molar-refractivity contribution in [2.24, 2.45) is 17.8 Å². The molecule has 0 atom stereocenters. The molecule has 0 bridgehead atoms. The molecule has 2 rings (SSSR count). The Morgan fingerprint density at radius 3 is 1.89 bits per heavy atom. The first-order valence-electron chi connectivity index (χ1n) is 8.06. The summed E-state index contributed by atoms with van der Waals surface area (Å²) in [6.45, 7) is 6.38. The monoisotopic (exact) mass is 254 g/mol. The lowest BCUT2D eigenvalue weighted by molar-refractivity contribution is -0.230. The molecule has 1 aliphatic carbocycles. The lowest BCUT2D eigenvalue weighted by Crippen LogP contribution is -2.38. The summed E-state index contributed by atoms with van der Waals surface area (Å²) in [5.74, 6) is 2.28. The summed E-state index contributed by atoms with van der Waals surface area (Å²) in [6, 6.07) is 0. The molecule has 0 spiro atoms. The highest BCUT2D eigenvalue weighted by Crippen LogP contribution is 2.35. The fourth-order valence-corrected chi connectivity index (χ4v) is 3.56. The Morgan fingerprint density at radius 1 is 0.778 bits per heavy atom. The second kappa shape index (κ2) is 7.49. The zero-order valence-electron chi connectivity index (χ0n) is 12.2. The van der Waals surface area contributed by atoms with Crippen LogP contribution in [0.5, 0.6) is 0 Å². The Labute approximate surface area is 112 Å². The van der Waals surface area contributed by atoms with E-state index in [-0.39, 0.29) is 6.29 Å². The Bertz CT molecular complexity index is 189. The maximum atomic E-state index is 5.96. The number of hydrogen-bond acceptors (Lipinski definition) is 2. The molecule has 18 heavy (non-hydrogen) atoms. The molecule has 0 unspecified atom stereocenters. The third kappa shape index (κ3) is 3.96. The summed E-state index contributed by atoms with van der Waals surface area (Å²) in [5, 5.41) is 0. The third-order valence-corrected chi connectivity index (χ3v) is 4.66. The predicted molar refractivity (Wildman–Crippen MR) is 74.4 cm³/mol.